The number of carbonyl (C=O) groups excluding carboxylic acids is 2. The third kappa shape index (κ3) is 2.62. The van der Waals surface area contributed by atoms with E-state index in [9.17, 15) is 9.59 Å². The summed E-state index contributed by atoms with van der Waals surface area (Å²) in [4.78, 5) is 24.9. The summed E-state index contributed by atoms with van der Waals surface area (Å²) in [5, 5.41) is 0. The number of esters is 1. The highest BCUT2D eigenvalue weighted by Gasteiger charge is 2.39. The van der Waals surface area contributed by atoms with Crippen molar-refractivity contribution in [2.75, 3.05) is 7.11 Å². The first-order valence-electron chi connectivity index (χ1n) is 5.61. The van der Waals surface area contributed by atoms with Crippen molar-refractivity contribution in [2.24, 2.45) is 0 Å². The lowest BCUT2D eigenvalue weighted by atomic mass is 10.1. The molecular formula is C12H19NO3. The molecule has 0 aliphatic carbocycles. The molecule has 90 valence electrons. The Morgan fingerprint density at radius 3 is 3.00 bits per heavy atom. The zero-order valence-corrected chi connectivity index (χ0v) is 9.94. The van der Waals surface area contributed by atoms with E-state index < -0.39 is 6.04 Å². The average molecular weight is 225 g/mol. The highest BCUT2D eigenvalue weighted by Crippen LogP contribution is 2.24. The number of ether oxygens (including phenoxy) is 1. The molecule has 0 spiro atoms. The molecule has 0 N–H and O–H groups in total. The Morgan fingerprint density at radius 1 is 1.75 bits per heavy atom. The van der Waals surface area contributed by atoms with Crippen LogP contribution in [0.1, 0.15) is 32.6 Å². The molecule has 0 aromatic rings. The molecule has 1 heterocycles. The van der Waals surface area contributed by atoms with Crippen molar-refractivity contribution < 1.29 is 14.3 Å². The first kappa shape index (κ1) is 12.7. The fourth-order valence-electron chi connectivity index (χ4n) is 2.12. The van der Waals surface area contributed by atoms with Crippen LogP contribution < -0.4 is 0 Å². The van der Waals surface area contributed by atoms with Crippen molar-refractivity contribution in [2.45, 2.75) is 44.7 Å². The van der Waals surface area contributed by atoms with E-state index in [1.165, 1.54) is 7.11 Å². The van der Waals surface area contributed by atoms with E-state index in [0.29, 0.717) is 12.8 Å². The molecule has 1 fully saturated rings. The Hall–Kier alpha value is -1.32. The number of methoxy groups -OCH3 is 1. The van der Waals surface area contributed by atoms with Gasteiger partial charge in [0.05, 0.1) is 7.11 Å². The predicted molar refractivity (Wildman–Crippen MR) is 60.8 cm³/mol. The maximum Gasteiger partial charge on any atom is 0.328 e. The molecule has 0 aromatic carbocycles. The zero-order chi connectivity index (χ0) is 12.1. The second-order valence-electron chi connectivity index (χ2n) is 4.09. The second kappa shape index (κ2) is 5.68. The molecule has 16 heavy (non-hydrogen) atoms. The number of hydrogen-bond donors (Lipinski definition) is 0. The van der Waals surface area contributed by atoms with E-state index in [4.69, 9.17) is 4.74 Å². The Morgan fingerprint density at radius 2 is 2.44 bits per heavy atom. The summed E-state index contributed by atoms with van der Waals surface area (Å²) in [6, 6.07) is -0.325. The van der Waals surface area contributed by atoms with Crippen molar-refractivity contribution in [1.82, 2.24) is 4.90 Å². The quantitative estimate of drug-likeness (QED) is 0.526. The normalized spacial score (nSPS) is 22.0. The molecule has 0 saturated carbocycles. The van der Waals surface area contributed by atoms with Gasteiger partial charge >= 0.3 is 5.97 Å². The lowest BCUT2D eigenvalue weighted by Crippen LogP contribution is -2.44. The van der Waals surface area contributed by atoms with Crippen molar-refractivity contribution >= 4 is 11.9 Å². The second-order valence-corrected chi connectivity index (χ2v) is 4.09. The molecule has 1 aliphatic rings. The number of amides is 1. The summed E-state index contributed by atoms with van der Waals surface area (Å²) < 4.78 is 4.71. The molecule has 4 nitrogen and oxygen atoms in total. The third-order valence-corrected chi connectivity index (χ3v) is 2.99. The number of nitrogens with zero attached hydrogens (tertiary/aromatic N) is 1. The van der Waals surface area contributed by atoms with Crippen LogP contribution in [-0.2, 0) is 14.3 Å². The zero-order valence-electron chi connectivity index (χ0n) is 9.94. The van der Waals surface area contributed by atoms with E-state index >= 15 is 0 Å². The number of hydrogen-bond acceptors (Lipinski definition) is 3. The largest absolute Gasteiger partial charge is 0.467 e. The van der Waals surface area contributed by atoms with Crippen LogP contribution in [0.5, 0.6) is 0 Å². The van der Waals surface area contributed by atoms with Gasteiger partial charge in [0.2, 0.25) is 5.91 Å². The maximum absolute atomic E-state index is 11.7. The Labute approximate surface area is 96.3 Å². The molecule has 1 rings (SSSR count). The minimum Gasteiger partial charge on any atom is -0.467 e. The summed E-state index contributed by atoms with van der Waals surface area (Å²) in [6.45, 7) is 5.61. The van der Waals surface area contributed by atoms with Gasteiger partial charge in [-0.15, -0.1) is 6.58 Å². The fraction of sp³-hybridized carbons (Fsp3) is 0.667. The van der Waals surface area contributed by atoms with Gasteiger partial charge in [0.1, 0.15) is 6.04 Å². The van der Waals surface area contributed by atoms with Gasteiger partial charge in [0.25, 0.3) is 0 Å². The maximum atomic E-state index is 11.7. The van der Waals surface area contributed by atoms with E-state index in [0.717, 1.165) is 12.8 Å². The van der Waals surface area contributed by atoms with Crippen LogP contribution in [0.25, 0.3) is 0 Å². The molecule has 1 saturated heterocycles. The van der Waals surface area contributed by atoms with Gasteiger partial charge in [0, 0.05) is 12.5 Å². The number of rotatable bonds is 5. The Kier molecular flexibility index (Phi) is 4.52. The molecule has 0 bridgehead atoms. The molecule has 1 aliphatic heterocycles. The molecule has 1 amide bonds. The summed E-state index contributed by atoms with van der Waals surface area (Å²) in [5.74, 6) is -0.261. The monoisotopic (exact) mass is 225 g/mol. The van der Waals surface area contributed by atoms with Crippen molar-refractivity contribution in [1.29, 1.82) is 0 Å². The van der Waals surface area contributed by atoms with Gasteiger partial charge in [-0.05, 0) is 26.2 Å². The van der Waals surface area contributed by atoms with Crippen LogP contribution in [0.2, 0.25) is 0 Å². The van der Waals surface area contributed by atoms with Crippen molar-refractivity contribution in [3.8, 4) is 0 Å². The van der Waals surface area contributed by atoms with Crippen LogP contribution in [0.15, 0.2) is 12.7 Å². The summed E-state index contributed by atoms with van der Waals surface area (Å²) in [5.41, 5.74) is 0. The Balaban J connectivity index is 2.68. The van der Waals surface area contributed by atoms with Gasteiger partial charge < -0.3 is 9.64 Å². The molecule has 0 radical (unpaired) electrons. The third-order valence-electron chi connectivity index (χ3n) is 2.99. The van der Waals surface area contributed by atoms with E-state index in [-0.39, 0.29) is 17.9 Å². The molecular weight excluding hydrogens is 206 g/mol. The van der Waals surface area contributed by atoms with Gasteiger partial charge in [-0.3, -0.25) is 4.79 Å². The van der Waals surface area contributed by atoms with Crippen LogP contribution in [-0.4, -0.2) is 36.0 Å². The summed E-state index contributed by atoms with van der Waals surface area (Å²) >= 11 is 0. The minimum absolute atomic E-state index is 0.0481. The van der Waals surface area contributed by atoms with Gasteiger partial charge in [-0.2, -0.15) is 0 Å². The summed E-state index contributed by atoms with van der Waals surface area (Å²) in [6.07, 6.45) is 4.52. The number of likely N-dealkylation sites (tertiary alicyclic amines) is 1. The van der Waals surface area contributed by atoms with Crippen molar-refractivity contribution in [3.05, 3.63) is 12.7 Å². The predicted octanol–water partition coefficient (Wildman–Crippen LogP) is 1.51. The smallest absolute Gasteiger partial charge is 0.328 e. The van der Waals surface area contributed by atoms with Crippen LogP contribution >= 0.6 is 0 Å². The molecule has 4 heteroatoms. The molecule has 2 unspecified atom stereocenters. The highest BCUT2D eigenvalue weighted by molar-refractivity contribution is 5.88. The Bertz CT molecular complexity index is 288. The fourth-order valence-corrected chi connectivity index (χ4v) is 2.12. The summed E-state index contributed by atoms with van der Waals surface area (Å²) in [7, 11) is 1.36. The topological polar surface area (TPSA) is 46.6 Å². The standard InChI is InChI=1S/C12H19NO3/c1-4-5-6-9(2)13-10(12(15)16-3)7-8-11(13)14/h4,9-10H,1,5-8H2,2-3H3. The lowest BCUT2D eigenvalue weighted by molar-refractivity contribution is -0.150. The van der Waals surface area contributed by atoms with Gasteiger partial charge in [-0.1, -0.05) is 6.08 Å². The van der Waals surface area contributed by atoms with Crippen LogP contribution in [0.3, 0.4) is 0 Å². The van der Waals surface area contributed by atoms with Crippen LogP contribution in [0.4, 0.5) is 0 Å². The van der Waals surface area contributed by atoms with E-state index in [2.05, 4.69) is 6.58 Å². The van der Waals surface area contributed by atoms with Gasteiger partial charge in [-0.25, -0.2) is 4.79 Å². The highest BCUT2D eigenvalue weighted by atomic mass is 16.5. The number of carbonyl (C=O) groups is 2. The first-order chi connectivity index (χ1) is 7.61. The van der Waals surface area contributed by atoms with E-state index in [1.807, 2.05) is 13.0 Å². The van der Waals surface area contributed by atoms with E-state index in [1.54, 1.807) is 4.90 Å². The van der Waals surface area contributed by atoms with Crippen LogP contribution in [0, 0.1) is 0 Å². The van der Waals surface area contributed by atoms with Gasteiger partial charge in [0.15, 0.2) is 0 Å². The first-order valence-corrected chi connectivity index (χ1v) is 5.61. The number of allylic oxidation sites excluding steroid dienone is 1. The van der Waals surface area contributed by atoms with Crippen molar-refractivity contribution in [3.63, 3.8) is 0 Å². The SMILES string of the molecule is C=CCCC(C)N1C(=O)CCC1C(=O)OC. The average Bonchev–Trinajstić information content (AvgIpc) is 2.67. The molecule has 0 aromatic heterocycles. The minimum atomic E-state index is -0.391. The molecule has 2 atom stereocenters. The lowest BCUT2D eigenvalue weighted by Gasteiger charge is -2.29.